The van der Waals surface area contributed by atoms with Crippen molar-refractivity contribution < 1.29 is 18.7 Å². The van der Waals surface area contributed by atoms with Crippen molar-refractivity contribution in [2.75, 3.05) is 13.7 Å². The predicted octanol–water partition coefficient (Wildman–Crippen LogP) is 6.93. The Morgan fingerprint density at radius 1 is 0.850 bits per heavy atom. The number of methoxy groups -OCH3 is 1. The Kier molecular flexibility index (Phi) is 7.13. The van der Waals surface area contributed by atoms with E-state index in [1.165, 1.54) is 0 Å². The van der Waals surface area contributed by atoms with Crippen LogP contribution in [-0.4, -0.2) is 24.5 Å². The summed E-state index contributed by atoms with van der Waals surface area (Å²) in [5, 5.41) is 0.422. The molecule has 4 aromatic carbocycles. The van der Waals surface area contributed by atoms with E-state index in [-0.39, 0.29) is 17.1 Å². The summed E-state index contributed by atoms with van der Waals surface area (Å²) in [6, 6.07) is 30.0. The van der Waals surface area contributed by atoms with E-state index < -0.39 is 6.04 Å². The zero-order valence-corrected chi connectivity index (χ0v) is 23.4. The van der Waals surface area contributed by atoms with Crippen LogP contribution in [0.15, 0.2) is 111 Å². The van der Waals surface area contributed by atoms with E-state index in [0.717, 1.165) is 21.2 Å². The van der Waals surface area contributed by atoms with Gasteiger partial charge in [-0.2, -0.15) is 0 Å². The molecule has 0 radical (unpaired) electrons. The van der Waals surface area contributed by atoms with Crippen LogP contribution in [-0.2, 0) is 13.0 Å². The van der Waals surface area contributed by atoms with Crippen molar-refractivity contribution in [1.82, 2.24) is 4.90 Å². The normalized spacial score (nSPS) is 14.4. The second kappa shape index (κ2) is 11.0. The number of halogens is 1. The first-order chi connectivity index (χ1) is 19.5. The Bertz CT molecular complexity index is 1750. The molecule has 0 bridgehead atoms. The average molecular weight is 596 g/mol. The largest absolute Gasteiger partial charge is 0.493 e. The van der Waals surface area contributed by atoms with Gasteiger partial charge in [0.15, 0.2) is 16.9 Å². The second-order valence-electron chi connectivity index (χ2n) is 9.64. The number of rotatable bonds is 8. The smallest absolute Gasteiger partial charge is 0.290 e. The molecule has 0 saturated heterocycles. The standard InChI is InChI=1S/C33H26BrNO5/c1-38-28-18-23(12-14-27(28)39-20-22-10-6-3-7-11-22)30-29-31(36)25-19-24(34)13-15-26(25)40-32(29)33(37)35(30)17-16-21-8-4-2-5-9-21/h2-15,18-19,30H,16-17,20H2,1H3. The molecule has 1 atom stereocenters. The number of carbonyl (C=O) groups is 1. The molecular weight excluding hydrogens is 570 g/mol. The van der Waals surface area contributed by atoms with Gasteiger partial charge in [-0.15, -0.1) is 0 Å². The number of fused-ring (bicyclic) bond motifs is 2. The number of ether oxygens (including phenoxy) is 2. The van der Waals surface area contributed by atoms with Crippen molar-refractivity contribution in [3.63, 3.8) is 0 Å². The Morgan fingerprint density at radius 3 is 2.30 bits per heavy atom. The molecule has 0 saturated carbocycles. The highest BCUT2D eigenvalue weighted by molar-refractivity contribution is 9.10. The molecule has 5 aromatic rings. The first-order valence-electron chi connectivity index (χ1n) is 13.0. The first-order valence-corrected chi connectivity index (χ1v) is 13.8. The van der Waals surface area contributed by atoms with Crippen molar-refractivity contribution in [2.45, 2.75) is 19.1 Å². The van der Waals surface area contributed by atoms with Crippen LogP contribution in [0.3, 0.4) is 0 Å². The molecule has 1 aromatic heterocycles. The zero-order valence-electron chi connectivity index (χ0n) is 21.8. The highest BCUT2D eigenvalue weighted by Crippen LogP contribution is 2.41. The van der Waals surface area contributed by atoms with Gasteiger partial charge in [0.25, 0.3) is 5.91 Å². The fourth-order valence-corrected chi connectivity index (χ4v) is 5.53. The second-order valence-corrected chi connectivity index (χ2v) is 10.6. The molecule has 7 heteroatoms. The molecule has 1 unspecified atom stereocenters. The summed E-state index contributed by atoms with van der Waals surface area (Å²) >= 11 is 3.45. The highest BCUT2D eigenvalue weighted by atomic mass is 79.9. The van der Waals surface area contributed by atoms with Gasteiger partial charge in [-0.1, -0.05) is 82.7 Å². The van der Waals surface area contributed by atoms with E-state index >= 15 is 0 Å². The van der Waals surface area contributed by atoms with E-state index in [4.69, 9.17) is 13.9 Å². The minimum Gasteiger partial charge on any atom is -0.493 e. The van der Waals surface area contributed by atoms with Gasteiger partial charge in [0.2, 0.25) is 5.76 Å². The van der Waals surface area contributed by atoms with Crippen LogP contribution in [0, 0.1) is 0 Å². The molecule has 6 nitrogen and oxygen atoms in total. The van der Waals surface area contributed by atoms with Gasteiger partial charge >= 0.3 is 0 Å². The Balaban J connectivity index is 1.42. The molecule has 0 N–H and O–H groups in total. The molecule has 40 heavy (non-hydrogen) atoms. The van der Waals surface area contributed by atoms with E-state index in [1.807, 2.05) is 78.9 Å². The van der Waals surface area contributed by atoms with Crippen LogP contribution >= 0.6 is 15.9 Å². The first kappa shape index (κ1) is 25.9. The van der Waals surface area contributed by atoms with Crippen molar-refractivity contribution in [2.24, 2.45) is 0 Å². The van der Waals surface area contributed by atoms with Crippen LogP contribution in [0.4, 0.5) is 0 Å². The molecule has 2 heterocycles. The SMILES string of the molecule is COc1cc(C2c3c(oc4ccc(Br)cc4c3=O)C(=O)N2CCc2ccccc2)ccc1OCc1ccccc1. The van der Waals surface area contributed by atoms with Crippen LogP contribution in [0.2, 0.25) is 0 Å². The summed E-state index contributed by atoms with van der Waals surface area (Å²) in [5.74, 6) is 0.873. The fraction of sp³-hybridized carbons (Fsp3) is 0.152. The van der Waals surface area contributed by atoms with Crippen LogP contribution < -0.4 is 14.9 Å². The maximum absolute atomic E-state index is 13.9. The third-order valence-electron chi connectivity index (χ3n) is 7.15. The number of amides is 1. The Labute approximate surface area is 239 Å². The summed E-state index contributed by atoms with van der Waals surface area (Å²) in [6.45, 7) is 0.792. The van der Waals surface area contributed by atoms with Gasteiger partial charge < -0.3 is 18.8 Å². The van der Waals surface area contributed by atoms with E-state index in [0.29, 0.717) is 47.6 Å². The van der Waals surface area contributed by atoms with Crippen molar-refractivity contribution in [1.29, 1.82) is 0 Å². The topological polar surface area (TPSA) is 69.0 Å². The lowest BCUT2D eigenvalue weighted by Crippen LogP contribution is -2.31. The summed E-state index contributed by atoms with van der Waals surface area (Å²) in [4.78, 5) is 29.4. The fourth-order valence-electron chi connectivity index (χ4n) is 5.17. The summed E-state index contributed by atoms with van der Waals surface area (Å²) in [6.07, 6.45) is 0.631. The van der Waals surface area contributed by atoms with Gasteiger partial charge in [0, 0.05) is 11.0 Å². The molecule has 0 spiro atoms. The van der Waals surface area contributed by atoms with Crippen LogP contribution in [0.1, 0.15) is 38.9 Å². The molecule has 6 rings (SSSR count). The quantitative estimate of drug-likeness (QED) is 0.194. The predicted molar refractivity (Wildman–Crippen MR) is 157 cm³/mol. The number of nitrogens with zero attached hydrogens (tertiary/aromatic N) is 1. The maximum atomic E-state index is 13.9. The zero-order chi connectivity index (χ0) is 27.6. The number of carbonyl (C=O) groups excluding carboxylic acids is 1. The molecule has 0 fully saturated rings. The van der Waals surface area contributed by atoms with Gasteiger partial charge in [0.05, 0.1) is 24.1 Å². The average Bonchev–Trinajstić information content (AvgIpc) is 3.27. The molecule has 0 aliphatic carbocycles. The summed E-state index contributed by atoms with van der Waals surface area (Å²) < 4.78 is 18.6. The lowest BCUT2D eigenvalue weighted by Gasteiger charge is -2.26. The Hall–Kier alpha value is -4.36. The number of benzene rings is 4. The van der Waals surface area contributed by atoms with Gasteiger partial charge in [-0.25, -0.2) is 0 Å². The minimum atomic E-state index is -0.636. The van der Waals surface area contributed by atoms with Crippen LogP contribution in [0.5, 0.6) is 11.5 Å². The molecule has 1 amide bonds. The molecular formula is C33H26BrNO5. The minimum absolute atomic E-state index is 0.0845. The van der Waals surface area contributed by atoms with Gasteiger partial charge in [0.1, 0.15) is 12.2 Å². The Morgan fingerprint density at radius 2 is 1.57 bits per heavy atom. The van der Waals surface area contributed by atoms with E-state index in [2.05, 4.69) is 15.9 Å². The lowest BCUT2D eigenvalue weighted by molar-refractivity contribution is 0.0730. The number of hydrogen-bond donors (Lipinski definition) is 0. The van der Waals surface area contributed by atoms with E-state index in [1.54, 1.807) is 30.2 Å². The maximum Gasteiger partial charge on any atom is 0.290 e. The molecule has 200 valence electrons. The highest BCUT2D eigenvalue weighted by Gasteiger charge is 2.42. The number of hydrogen-bond acceptors (Lipinski definition) is 5. The monoisotopic (exact) mass is 595 g/mol. The summed E-state index contributed by atoms with van der Waals surface area (Å²) in [7, 11) is 1.58. The molecule has 1 aliphatic rings. The van der Waals surface area contributed by atoms with Crippen molar-refractivity contribution in [3.05, 3.63) is 140 Å². The summed E-state index contributed by atoms with van der Waals surface area (Å²) in [5.41, 5.74) is 3.37. The third kappa shape index (κ3) is 4.89. The van der Waals surface area contributed by atoms with Crippen molar-refractivity contribution >= 4 is 32.8 Å². The van der Waals surface area contributed by atoms with Crippen LogP contribution in [0.25, 0.3) is 11.0 Å². The third-order valence-corrected chi connectivity index (χ3v) is 7.65. The van der Waals surface area contributed by atoms with Gasteiger partial charge in [-0.05, 0) is 53.4 Å². The van der Waals surface area contributed by atoms with Gasteiger partial charge in [-0.3, -0.25) is 9.59 Å². The lowest BCUT2D eigenvalue weighted by atomic mass is 9.97. The molecule has 1 aliphatic heterocycles. The van der Waals surface area contributed by atoms with Crippen molar-refractivity contribution in [3.8, 4) is 11.5 Å². The van der Waals surface area contributed by atoms with E-state index in [9.17, 15) is 9.59 Å².